The van der Waals surface area contributed by atoms with Crippen molar-refractivity contribution in [3.05, 3.63) is 29.8 Å². The number of nitrogens with zero attached hydrogens (tertiary/aromatic N) is 1. The number of rotatable bonds is 4. The van der Waals surface area contributed by atoms with E-state index in [0.717, 1.165) is 18.8 Å². The summed E-state index contributed by atoms with van der Waals surface area (Å²) < 4.78 is 0. The Kier molecular flexibility index (Phi) is 5.01. The molecule has 1 aliphatic rings. The van der Waals surface area contributed by atoms with Gasteiger partial charge < -0.3 is 15.5 Å². The van der Waals surface area contributed by atoms with Crippen LogP contribution in [-0.2, 0) is 0 Å². The molecule has 1 aromatic carbocycles. The summed E-state index contributed by atoms with van der Waals surface area (Å²) in [5, 5.41) is 6.20. The molecule has 0 unspecified atom stereocenters. The smallest absolute Gasteiger partial charge is 0.251 e. The Bertz CT molecular complexity index is 434. The van der Waals surface area contributed by atoms with Gasteiger partial charge in [-0.1, -0.05) is 0 Å². The number of hydrogen-bond acceptors (Lipinski definition) is 3. The summed E-state index contributed by atoms with van der Waals surface area (Å²) in [4.78, 5) is 14.0. The molecule has 0 aliphatic carbocycles. The minimum Gasteiger partial charge on any atom is -0.382 e. The van der Waals surface area contributed by atoms with Gasteiger partial charge in [0.15, 0.2) is 0 Å². The van der Waals surface area contributed by atoms with Crippen molar-refractivity contribution in [2.75, 3.05) is 25.5 Å². The molecule has 0 spiro atoms. The fourth-order valence-corrected chi connectivity index (χ4v) is 2.66. The van der Waals surface area contributed by atoms with E-state index in [4.69, 9.17) is 0 Å². The predicted molar refractivity (Wildman–Crippen MR) is 83.2 cm³/mol. The molecule has 1 fully saturated rings. The molecule has 0 bridgehead atoms. The maximum atomic E-state index is 11.5. The molecule has 110 valence electrons. The zero-order valence-electron chi connectivity index (χ0n) is 12.6. The van der Waals surface area contributed by atoms with E-state index in [2.05, 4.69) is 29.4 Å². The van der Waals surface area contributed by atoms with Gasteiger partial charge >= 0.3 is 0 Å². The van der Waals surface area contributed by atoms with Crippen molar-refractivity contribution in [2.24, 2.45) is 0 Å². The Balaban J connectivity index is 1.87. The normalized spacial score (nSPS) is 17.2. The molecule has 2 N–H and O–H groups in total. The molecule has 0 aromatic heterocycles. The minimum atomic E-state index is -0.0400. The third-order valence-corrected chi connectivity index (χ3v) is 4.00. The number of amides is 1. The largest absolute Gasteiger partial charge is 0.382 e. The molecule has 0 atom stereocenters. The number of carbonyl (C=O) groups is 1. The topological polar surface area (TPSA) is 44.4 Å². The lowest BCUT2D eigenvalue weighted by molar-refractivity contribution is 0.0963. The monoisotopic (exact) mass is 275 g/mol. The summed E-state index contributed by atoms with van der Waals surface area (Å²) in [5.74, 6) is -0.0400. The zero-order chi connectivity index (χ0) is 14.5. The Morgan fingerprint density at radius 2 is 1.80 bits per heavy atom. The van der Waals surface area contributed by atoms with Crippen LogP contribution in [0.5, 0.6) is 0 Å². The predicted octanol–water partition coefficient (Wildman–Crippen LogP) is 2.33. The number of hydrogen-bond donors (Lipinski definition) is 2. The summed E-state index contributed by atoms with van der Waals surface area (Å²) >= 11 is 0. The number of benzene rings is 1. The van der Waals surface area contributed by atoms with Crippen molar-refractivity contribution in [2.45, 2.75) is 38.8 Å². The van der Waals surface area contributed by atoms with Gasteiger partial charge in [-0.25, -0.2) is 0 Å². The van der Waals surface area contributed by atoms with Crippen LogP contribution in [0, 0.1) is 0 Å². The molecule has 20 heavy (non-hydrogen) atoms. The summed E-state index contributed by atoms with van der Waals surface area (Å²) in [7, 11) is 1.65. The second-order valence-corrected chi connectivity index (χ2v) is 5.70. The van der Waals surface area contributed by atoms with Crippen molar-refractivity contribution in [1.82, 2.24) is 10.2 Å². The number of nitrogens with one attached hydrogen (secondary N) is 2. The number of carbonyl (C=O) groups excluding carboxylic acids is 1. The summed E-state index contributed by atoms with van der Waals surface area (Å²) in [5.41, 5.74) is 1.80. The van der Waals surface area contributed by atoms with Gasteiger partial charge in [-0.05, 0) is 51.0 Å². The molecule has 0 saturated carbocycles. The maximum Gasteiger partial charge on any atom is 0.251 e. The lowest BCUT2D eigenvalue weighted by atomic mass is 10.0. The summed E-state index contributed by atoms with van der Waals surface area (Å²) in [6.45, 7) is 6.83. The first-order valence-electron chi connectivity index (χ1n) is 7.43. The van der Waals surface area contributed by atoms with Gasteiger partial charge in [0, 0.05) is 43.5 Å². The quantitative estimate of drug-likeness (QED) is 0.886. The Morgan fingerprint density at radius 1 is 1.20 bits per heavy atom. The molecule has 1 heterocycles. The molecule has 4 nitrogen and oxygen atoms in total. The average Bonchev–Trinajstić information content (AvgIpc) is 2.48. The van der Waals surface area contributed by atoms with Gasteiger partial charge in [0.05, 0.1) is 0 Å². The number of likely N-dealkylation sites (tertiary alicyclic amines) is 1. The van der Waals surface area contributed by atoms with Crippen LogP contribution in [0.1, 0.15) is 37.0 Å². The van der Waals surface area contributed by atoms with Crippen molar-refractivity contribution >= 4 is 11.6 Å². The second kappa shape index (κ2) is 6.75. The lowest BCUT2D eigenvalue weighted by Crippen LogP contribution is -2.42. The van der Waals surface area contributed by atoms with Crippen LogP contribution >= 0.6 is 0 Å². The van der Waals surface area contributed by atoms with Crippen molar-refractivity contribution in [1.29, 1.82) is 0 Å². The highest BCUT2D eigenvalue weighted by Gasteiger charge is 2.20. The SMILES string of the molecule is CNC(=O)c1ccc(NC2CCN(C(C)C)CC2)cc1. The van der Waals surface area contributed by atoms with E-state index in [9.17, 15) is 4.79 Å². The van der Waals surface area contributed by atoms with Gasteiger partial charge in [0.1, 0.15) is 0 Å². The van der Waals surface area contributed by atoms with Crippen LogP contribution in [0.2, 0.25) is 0 Å². The highest BCUT2D eigenvalue weighted by Crippen LogP contribution is 2.18. The van der Waals surface area contributed by atoms with E-state index >= 15 is 0 Å². The van der Waals surface area contributed by atoms with E-state index in [1.807, 2.05) is 24.3 Å². The standard InChI is InChI=1S/C16H25N3O/c1-12(2)19-10-8-15(9-11-19)18-14-6-4-13(5-7-14)16(20)17-3/h4-7,12,15,18H,8-11H2,1-3H3,(H,17,20). The molecule has 1 saturated heterocycles. The van der Waals surface area contributed by atoms with Gasteiger partial charge in [-0.15, -0.1) is 0 Å². The first-order valence-corrected chi connectivity index (χ1v) is 7.43. The molecular formula is C16H25N3O. The van der Waals surface area contributed by atoms with E-state index in [0.29, 0.717) is 17.6 Å². The third kappa shape index (κ3) is 3.73. The van der Waals surface area contributed by atoms with Crippen molar-refractivity contribution in [3.8, 4) is 0 Å². The van der Waals surface area contributed by atoms with E-state index < -0.39 is 0 Å². The van der Waals surface area contributed by atoms with Crippen LogP contribution in [0.4, 0.5) is 5.69 Å². The van der Waals surface area contributed by atoms with Crippen LogP contribution < -0.4 is 10.6 Å². The number of anilines is 1. The lowest BCUT2D eigenvalue weighted by Gasteiger charge is -2.35. The fourth-order valence-electron chi connectivity index (χ4n) is 2.66. The highest BCUT2D eigenvalue weighted by atomic mass is 16.1. The summed E-state index contributed by atoms with van der Waals surface area (Å²) in [6.07, 6.45) is 2.35. The molecule has 0 radical (unpaired) electrons. The molecule has 1 aliphatic heterocycles. The van der Waals surface area contributed by atoms with Crippen LogP contribution in [0.25, 0.3) is 0 Å². The maximum absolute atomic E-state index is 11.5. The second-order valence-electron chi connectivity index (χ2n) is 5.70. The van der Waals surface area contributed by atoms with E-state index in [1.165, 1.54) is 12.8 Å². The van der Waals surface area contributed by atoms with Crippen LogP contribution in [0.15, 0.2) is 24.3 Å². The minimum absolute atomic E-state index is 0.0400. The van der Waals surface area contributed by atoms with Gasteiger partial charge in [-0.2, -0.15) is 0 Å². The fraction of sp³-hybridized carbons (Fsp3) is 0.562. The Morgan fingerprint density at radius 3 is 2.30 bits per heavy atom. The van der Waals surface area contributed by atoms with Crippen LogP contribution in [-0.4, -0.2) is 43.0 Å². The first kappa shape index (κ1) is 14.9. The van der Waals surface area contributed by atoms with Gasteiger partial charge in [0.25, 0.3) is 5.91 Å². The Hall–Kier alpha value is -1.55. The molecular weight excluding hydrogens is 250 g/mol. The van der Waals surface area contributed by atoms with Gasteiger partial charge in [-0.3, -0.25) is 4.79 Å². The molecule has 1 amide bonds. The molecule has 4 heteroatoms. The van der Waals surface area contributed by atoms with E-state index in [-0.39, 0.29) is 5.91 Å². The Labute approximate surface area is 121 Å². The first-order chi connectivity index (χ1) is 9.60. The highest BCUT2D eigenvalue weighted by molar-refractivity contribution is 5.94. The zero-order valence-corrected chi connectivity index (χ0v) is 12.6. The molecule has 2 rings (SSSR count). The third-order valence-electron chi connectivity index (χ3n) is 4.00. The van der Waals surface area contributed by atoms with Crippen molar-refractivity contribution in [3.63, 3.8) is 0 Å². The number of piperidine rings is 1. The molecule has 1 aromatic rings. The van der Waals surface area contributed by atoms with E-state index in [1.54, 1.807) is 7.05 Å². The van der Waals surface area contributed by atoms with Crippen molar-refractivity contribution < 1.29 is 4.79 Å². The van der Waals surface area contributed by atoms with Gasteiger partial charge in [0.2, 0.25) is 0 Å². The summed E-state index contributed by atoms with van der Waals surface area (Å²) in [6, 6.07) is 8.88. The average molecular weight is 275 g/mol. The van der Waals surface area contributed by atoms with Crippen LogP contribution in [0.3, 0.4) is 0 Å².